The predicted octanol–water partition coefficient (Wildman–Crippen LogP) is 1.76. The number of hydrogen-bond acceptors (Lipinski definition) is 16. The fourth-order valence-electron chi connectivity index (χ4n) is 13.0. The number of epoxide rings is 1. The minimum Gasteiger partial charge on any atom is -0.469 e. The lowest BCUT2D eigenvalue weighted by Crippen LogP contribution is -2.79. The van der Waals surface area contributed by atoms with E-state index in [9.17, 15) is 19.2 Å². The summed E-state index contributed by atoms with van der Waals surface area (Å²) in [5.74, 6) is -7.49. The van der Waals surface area contributed by atoms with Gasteiger partial charge in [0.1, 0.15) is 28.8 Å². The van der Waals surface area contributed by atoms with E-state index in [1.807, 2.05) is 19.9 Å². The van der Waals surface area contributed by atoms with Gasteiger partial charge in [-0.15, -0.1) is 0 Å². The molecule has 16 heteroatoms. The largest absolute Gasteiger partial charge is 0.469 e. The van der Waals surface area contributed by atoms with Gasteiger partial charge in [0.2, 0.25) is 6.29 Å². The van der Waals surface area contributed by atoms with Crippen molar-refractivity contribution in [1.82, 2.24) is 0 Å². The average molecular weight is 763 g/mol. The van der Waals surface area contributed by atoms with Crippen LogP contribution in [0.4, 0.5) is 0 Å². The van der Waals surface area contributed by atoms with Crippen molar-refractivity contribution in [2.45, 2.75) is 107 Å². The van der Waals surface area contributed by atoms with Crippen LogP contribution in [0.5, 0.6) is 0 Å². The Balaban J connectivity index is 1.43. The van der Waals surface area contributed by atoms with Gasteiger partial charge in [-0.1, -0.05) is 13.0 Å². The lowest BCUT2D eigenvalue weighted by molar-refractivity contribution is -0.321. The Bertz CT molecular complexity index is 1710. The van der Waals surface area contributed by atoms with Gasteiger partial charge in [-0.2, -0.15) is 0 Å². The van der Waals surface area contributed by atoms with E-state index >= 15 is 0 Å². The van der Waals surface area contributed by atoms with Crippen molar-refractivity contribution >= 4 is 23.9 Å². The monoisotopic (exact) mass is 762 g/mol. The van der Waals surface area contributed by atoms with Crippen molar-refractivity contribution in [1.29, 1.82) is 0 Å². The summed E-state index contributed by atoms with van der Waals surface area (Å²) < 4.78 is 75.8. The number of ether oxygens (including phenoxy) is 12. The van der Waals surface area contributed by atoms with Crippen LogP contribution in [0.1, 0.15) is 47.5 Å². The molecule has 5 aliphatic heterocycles. The molecular weight excluding hydrogens is 712 g/mol. The van der Waals surface area contributed by atoms with Crippen molar-refractivity contribution < 1.29 is 76.0 Å². The molecule has 5 heterocycles. The highest BCUT2D eigenvalue weighted by Crippen LogP contribution is 2.83. The smallest absolute Gasteiger partial charge is 0.366 e. The number of carbonyl (C=O) groups excluding carboxylic acids is 4. The maximum atomic E-state index is 14.5. The van der Waals surface area contributed by atoms with Crippen LogP contribution in [-0.2, 0) is 76.0 Å². The van der Waals surface area contributed by atoms with Crippen molar-refractivity contribution in [3.8, 4) is 0 Å². The molecule has 1 spiro atoms. The maximum absolute atomic E-state index is 14.5. The molecule has 7 fully saturated rings. The van der Waals surface area contributed by atoms with E-state index in [1.54, 1.807) is 33.3 Å². The van der Waals surface area contributed by atoms with Crippen LogP contribution in [0.25, 0.3) is 0 Å². The molecule has 8 aliphatic rings. The molecule has 3 aliphatic carbocycles. The number of allylic oxidation sites excluding steroid dienone is 1. The molecule has 16 atom stereocenters. The van der Waals surface area contributed by atoms with Gasteiger partial charge in [0.05, 0.1) is 52.0 Å². The van der Waals surface area contributed by atoms with Gasteiger partial charge in [-0.05, 0) is 33.3 Å². The second-order valence-corrected chi connectivity index (χ2v) is 16.3. The molecule has 0 N–H and O–H groups in total. The van der Waals surface area contributed by atoms with Crippen LogP contribution in [0, 0.1) is 34.0 Å². The minimum atomic E-state index is -2.17. The third-order valence-corrected chi connectivity index (χ3v) is 14.9. The SMILES string of the molecule is C/C=C(\C)C(=O)O[C@H]1C[C@@H](OC(C)=O)[C@@]2(C(=O)OC)CO[C@H]3[C@@H](OC)[C@@](C)([C@]45O[C@@]4(C)[C@H]4C[C@@H]5O[C@@H]5OC=C[C@@]54OC)[C@@H]4[C@@](OC)(C(=O)OC)OC[C@@]14[C@@H]32. The molecule has 0 aromatic heterocycles. The van der Waals surface area contributed by atoms with Crippen LogP contribution in [-0.4, -0.2) is 132 Å². The minimum absolute atomic E-state index is 0.167. The zero-order valence-corrected chi connectivity index (χ0v) is 32.3. The fourth-order valence-corrected chi connectivity index (χ4v) is 13.0. The highest BCUT2D eigenvalue weighted by atomic mass is 16.8. The molecule has 0 aromatic carbocycles. The van der Waals surface area contributed by atoms with Crippen molar-refractivity contribution in [3.63, 3.8) is 0 Å². The summed E-state index contributed by atoms with van der Waals surface area (Å²) in [4.78, 5) is 55.6. The van der Waals surface area contributed by atoms with E-state index in [2.05, 4.69) is 0 Å². The molecule has 0 radical (unpaired) electrons. The van der Waals surface area contributed by atoms with E-state index in [0.29, 0.717) is 12.0 Å². The van der Waals surface area contributed by atoms with Crippen molar-refractivity contribution in [3.05, 3.63) is 24.0 Å². The summed E-state index contributed by atoms with van der Waals surface area (Å²) in [7, 11) is 6.94. The molecular formula is C38H50O16. The molecule has 0 aromatic rings. The topological polar surface area (TPSA) is 182 Å². The van der Waals surface area contributed by atoms with Gasteiger partial charge < -0.3 is 56.8 Å². The van der Waals surface area contributed by atoms with Crippen LogP contribution >= 0.6 is 0 Å². The highest BCUT2D eigenvalue weighted by Gasteiger charge is 2.97. The first kappa shape index (κ1) is 37.8. The Morgan fingerprint density at radius 1 is 0.889 bits per heavy atom. The second-order valence-electron chi connectivity index (χ2n) is 16.3. The van der Waals surface area contributed by atoms with Crippen LogP contribution in [0.15, 0.2) is 24.0 Å². The Labute approximate surface area is 313 Å². The van der Waals surface area contributed by atoms with Gasteiger partial charge >= 0.3 is 23.9 Å². The number of carbonyl (C=O) groups is 4. The normalized spacial score (nSPS) is 51.6. The molecule has 8 rings (SSSR count). The molecule has 4 saturated heterocycles. The van der Waals surface area contributed by atoms with Crippen LogP contribution < -0.4 is 0 Å². The fraction of sp³-hybridized carbons (Fsp3) is 0.789. The highest BCUT2D eigenvalue weighted by molar-refractivity contribution is 5.88. The van der Waals surface area contributed by atoms with E-state index in [4.69, 9.17) is 56.8 Å². The van der Waals surface area contributed by atoms with E-state index in [-0.39, 0.29) is 25.6 Å². The first-order valence-corrected chi connectivity index (χ1v) is 18.4. The van der Waals surface area contributed by atoms with Crippen molar-refractivity contribution in [2.75, 3.05) is 48.8 Å². The Kier molecular flexibility index (Phi) is 8.36. The zero-order chi connectivity index (χ0) is 39.0. The molecule has 0 amide bonds. The molecule has 0 unspecified atom stereocenters. The van der Waals surface area contributed by atoms with Gasteiger partial charge in [0.25, 0.3) is 5.79 Å². The number of methoxy groups -OCH3 is 5. The van der Waals surface area contributed by atoms with Crippen LogP contribution in [0.3, 0.4) is 0 Å². The number of rotatable bonds is 9. The summed E-state index contributed by atoms with van der Waals surface area (Å²) in [5.41, 5.74) is -7.44. The summed E-state index contributed by atoms with van der Waals surface area (Å²) in [6, 6.07) is 0. The Morgan fingerprint density at radius 3 is 2.22 bits per heavy atom. The second kappa shape index (κ2) is 11.9. The average Bonchev–Trinajstić information content (AvgIpc) is 3.58. The van der Waals surface area contributed by atoms with E-state index in [1.165, 1.54) is 35.4 Å². The van der Waals surface area contributed by atoms with E-state index < -0.39 is 111 Å². The Morgan fingerprint density at radius 2 is 1.61 bits per heavy atom. The number of hydrogen-bond donors (Lipinski definition) is 0. The van der Waals surface area contributed by atoms with Gasteiger partial charge in [0.15, 0.2) is 5.60 Å². The Hall–Kier alpha value is -3.12. The molecule has 298 valence electrons. The van der Waals surface area contributed by atoms with Gasteiger partial charge in [0, 0.05) is 68.8 Å². The summed E-state index contributed by atoms with van der Waals surface area (Å²) in [5, 5.41) is 0. The predicted molar refractivity (Wildman–Crippen MR) is 179 cm³/mol. The number of fused-ring (bicyclic) bond motifs is 7. The molecule has 54 heavy (non-hydrogen) atoms. The summed E-state index contributed by atoms with van der Waals surface area (Å²) in [6.45, 7) is 7.98. The van der Waals surface area contributed by atoms with Crippen molar-refractivity contribution in [2.24, 2.45) is 34.0 Å². The molecule has 16 nitrogen and oxygen atoms in total. The number of esters is 4. The third-order valence-electron chi connectivity index (χ3n) is 14.9. The quantitative estimate of drug-likeness (QED) is 0.143. The van der Waals surface area contributed by atoms with E-state index in [0.717, 1.165) is 0 Å². The summed E-state index contributed by atoms with van der Waals surface area (Å²) >= 11 is 0. The molecule has 3 saturated carbocycles. The third kappa shape index (κ3) is 3.93. The lowest BCUT2D eigenvalue weighted by atomic mass is 9.37. The van der Waals surface area contributed by atoms with Gasteiger partial charge in [-0.3, -0.25) is 9.59 Å². The standard InChI is InChI=1S/C38H50O16/c1-11-18(2)27(40)52-21-15-22(51-19(3)39)35(29(41)44-7)16-49-24-25(35)34(21)17-50-37(47-10,30(42)45-8)28(34)32(4,26(24)43-6)38-23-14-20(33(38,5)54-38)36(46-9)12-13-48-31(36)53-23/h11-13,20-26,28,31H,14-17H2,1-10H3/b18-11+/t20-,21+,22-,23+,24-,25-,26-,28+,31+,32-,33+,34+,35+,36+,37+,38+/m1/s1. The zero-order valence-electron chi connectivity index (χ0n) is 32.3. The first-order valence-electron chi connectivity index (χ1n) is 18.4. The summed E-state index contributed by atoms with van der Waals surface area (Å²) in [6.07, 6.45) is -0.317. The maximum Gasteiger partial charge on any atom is 0.366 e. The van der Waals surface area contributed by atoms with Crippen LogP contribution in [0.2, 0.25) is 0 Å². The van der Waals surface area contributed by atoms with Gasteiger partial charge in [-0.25, -0.2) is 9.59 Å². The first-order chi connectivity index (χ1) is 25.6. The molecule has 2 bridgehead atoms. The lowest BCUT2D eigenvalue weighted by Gasteiger charge is -2.66.